The van der Waals surface area contributed by atoms with E-state index in [2.05, 4.69) is 43.5 Å². The summed E-state index contributed by atoms with van der Waals surface area (Å²) in [7, 11) is 1.87. The van der Waals surface area contributed by atoms with Gasteiger partial charge in [0.2, 0.25) is 0 Å². The van der Waals surface area contributed by atoms with E-state index >= 15 is 0 Å². The molecule has 2 bridgehead atoms. The van der Waals surface area contributed by atoms with Crippen molar-refractivity contribution in [1.29, 1.82) is 0 Å². The average Bonchev–Trinajstić information content (AvgIpc) is 3.03. The van der Waals surface area contributed by atoms with Crippen molar-refractivity contribution in [1.82, 2.24) is 9.97 Å². The van der Waals surface area contributed by atoms with Gasteiger partial charge >= 0.3 is 0 Å². The lowest BCUT2D eigenvalue weighted by Crippen LogP contribution is -2.30. The summed E-state index contributed by atoms with van der Waals surface area (Å²) in [4.78, 5) is 8.54. The molecule has 0 spiro atoms. The Balaban J connectivity index is 1.71. The molecule has 1 heterocycles. The van der Waals surface area contributed by atoms with Gasteiger partial charge in [0.1, 0.15) is 22.4 Å². The maximum atomic E-state index is 4.35. The fourth-order valence-electron chi connectivity index (χ4n) is 3.87. The molecule has 1 aromatic rings. The number of nitrogens with one attached hydrogen (secondary N) is 2. The van der Waals surface area contributed by atoms with Crippen LogP contribution < -0.4 is 10.6 Å². The van der Waals surface area contributed by atoms with E-state index in [0.717, 1.165) is 33.9 Å². The molecule has 0 aromatic carbocycles. The van der Waals surface area contributed by atoms with Crippen LogP contribution in [0, 0.1) is 17.8 Å². The van der Waals surface area contributed by atoms with Gasteiger partial charge in [0.25, 0.3) is 0 Å². The molecule has 0 radical (unpaired) electrons. The second-order valence-corrected chi connectivity index (χ2v) is 6.70. The zero-order valence-corrected chi connectivity index (χ0v) is 13.1. The molecule has 0 aliphatic heterocycles. The van der Waals surface area contributed by atoms with Gasteiger partial charge in [0, 0.05) is 13.1 Å². The first-order chi connectivity index (χ1) is 9.19. The SMILES string of the molecule is CNc1ncnc(NC(C)C2CC3CCC2C3)c1Br. The smallest absolute Gasteiger partial charge is 0.146 e. The third kappa shape index (κ3) is 2.45. The van der Waals surface area contributed by atoms with E-state index in [1.165, 1.54) is 25.7 Å². The molecular weight excluding hydrogens is 304 g/mol. The first-order valence-corrected chi connectivity index (χ1v) is 7.93. The van der Waals surface area contributed by atoms with Gasteiger partial charge in [0.05, 0.1) is 0 Å². The number of rotatable bonds is 4. The molecule has 2 aliphatic carbocycles. The predicted molar refractivity (Wildman–Crippen MR) is 81.3 cm³/mol. The quantitative estimate of drug-likeness (QED) is 0.889. The Hall–Kier alpha value is -0.840. The molecule has 4 unspecified atom stereocenters. The fourth-order valence-corrected chi connectivity index (χ4v) is 4.39. The zero-order valence-electron chi connectivity index (χ0n) is 11.5. The van der Waals surface area contributed by atoms with Crippen LogP contribution in [0.2, 0.25) is 0 Å². The molecule has 104 valence electrons. The molecule has 19 heavy (non-hydrogen) atoms. The Morgan fingerprint density at radius 2 is 2.05 bits per heavy atom. The van der Waals surface area contributed by atoms with Gasteiger partial charge in [-0.05, 0) is 59.9 Å². The van der Waals surface area contributed by atoms with E-state index in [0.29, 0.717) is 6.04 Å². The van der Waals surface area contributed by atoms with Crippen LogP contribution in [0.5, 0.6) is 0 Å². The van der Waals surface area contributed by atoms with Gasteiger partial charge in [-0.15, -0.1) is 0 Å². The van der Waals surface area contributed by atoms with Crippen molar-refractivity contribution < 1.29 is 0 Å². The van der Waals surface area contributed by atoms with E-state index in [1.807, 2.05) is 7.05 Å². The highest BCUT2D eigenvalue weighted by Crippen LogP contribution is 2.50. The average molecular weight is 325 g/mol. The Morgan fingerprint density at radius 1 is 1.26 bits per heavy atom. The number of hydrogen-bond donors (Lipinski definition) is 2. The minimum atomic E-state index is 0.478. The molecule has 4 nitrogen and oxygen atoms in total. The molecule has 1 aromatic heterocycles. The summed E-state index contributed by atoms with van der Waals surface area (Å²) in [5, 5.41) is 6.64. The maximum Gasteiger partial charge on any atom is 0.146 e. The molecule has 2 fully saturated rings. The standard InChI is InChI=1S/C14H21BrN4/c1-8(11-6-9-3-4-10(11)5-9)19-14-12(15)13(16-2)17-7-18-14/h7-11H,3-6H2,1-2H3,(H2,16,17,18,19). The molecule has 3 rings (SSSR count). The summed E-state index contributed by atoms with van der Waals surface area (Å²) in [5.41, 5.74) is 0. The van der Waals surface area contributed by atoms with Crippen LogP contribution in [-0.2, 0) is 0 Å². The van der Waals surface area contributed by atoms with Crippen molar-refractivity contribution in [2.45, 2.75) is 38.6 Å². The van der Waals surface area contributed by atoms with Gasteiger partial charge in [-0.25, -0.2) is 9.97 Å². The normalized spacial score (nSPS) is 30.4. The first-order valence-electron chi connectivity index (χ1n) is 7.13. The van der Waals surface area contributed by atoms with Crippen LogP contribution in [0.4, 0.5) is 11.6 Å². The number of aromatic nitrogens is 2. The highest BCUT2D eigenvalue weighted by atomic mass is 79.9. The van der Waals surface area contributed by atoms with Crippen molar-refractivity contribution in [3.63, 3.8) is 0 Å². The Bertz CT molecular complexity index is 465. The summed E-state index contributed by atoms with van der Waals surface area (Å²) in [6.45, 7) is 2.29. The highest BCUT2D eigenvalue weighted by molar-refractivity contribution is 9.10. The number of fused-ring (bicyclic) bond motifs is 2. The summed E-state index contributed by atoms with van der Waals surface area (Å²) in [5.74, 6) is 4.45. The van der Waals surface area contributed by atoms with E-state index in [1.54, 1.807) is 6.33 Å². The fraction of sp³-hybridized carbons (Fsp3) is 0.714. The van der Waals surface area contributed by atoms with E-state index in [9.17, 15) is 0 Å². The van der Waals surface area contributed by atoms with Crippen LogP contribution in [-0.4, -0.2) is 23.1 Å². The van der Waals surface area contributed by atoms with Crippen LogP contribution in [0.25, 0.3) is 0 Å². The Morgan fingerprint density at radius 3 is 2.68 bits per heavy atom. The molecule has 5 heteroatoms. The van der Waals surface area contributed by atoms with Gasteiger partial charge in [0.15, 0.2) is 0 Å². The lowest BCUT2D eigenvalue weighted by molar-refractivity contribution is 0.304. The molecule has 2 saturated carbocycles. The molecule has 2 N–H and O–H groups in total. The second kappa shape index (κ2) is 5.27. The summed E-state index contributed by atoms with van der Waals surface area (Å²) in [6, 6.07) is 0.478. The predicted octanol–water partition coefficient (Wildman–Crippen LogP) is 3.52. The summed E-state index contributed by atoms with van der Waals surface area (Å²) >= 11 is 3.57. The molecule has 0 saturated heterocycles. The number of anilines is 2. The van der Waals surface area contributed by atoms with Crippen molar-refractivity contribution in [2.75, 3.05) is 17.7 Å². The van der Waals surface area contributed by atoms with Gasteiger partial charge in [-0.1, -0.05) is 6.42 Å². The van der Waals surface area contributed by atoms with Gasteiger partial charge in [-0.3, -0.25) is 0 Å². The number of hydrogen-bond acceptors (Lipinski definition) is 4. The molecule has 2 aliphatic rings. The van der Waals surface area contributed by atoms with Crippen LogP contribution >= 0.6 is 15.9 Å². The largest absolute Gasteiger partial charge is 0.372 e. The van der Waals surface area contributed by atoms with Gasteiger partial charge in [-0.2, -0.15) is 0 Å². The van der Waals surface area contributed by atoms with Gasteiger partial charge < -0.3 is 10.6 Å². The Labute approximate surface area is 122 Å². The van der Waals surface area contributed by atoms with Crippen LogP contribution in [0.15, 0.2) is 10.8 Å². The van der Waals surface area contributed by atoms with Crippen LogP contribution in [0.3, 0.4) is 0 Å². The maximum absolute atomic E-state index is 4.35. The first kappa shape index (κ1) is 13.2. The zero-order chi connectivity index (χ0) is 13.4. The number of halogens is 1. The highest BCUT2D eigenvalue weighted by Gasteiger charge is 2.41. The molecule has 4 atom stereocenters. The molecule has 0 amide bonds. The van der Waals surface area contributed by atoms with Crippen LogP contribution in [0.1, 0.15) is 32.6 Å². The van der Waals surface area contributed by atoms with Crippen molar-refractivity contribution >= 4 is 27.6 Å². The second-order valence-electron chi connectivity index (χ2n) is 5.91. The topological polar surface area (TPSA) is 49.8 Å². The lowest BCUT2D eigenvalue weighted by Gasteiger charge is -2.29. The lowest BCUT2D eigenvalue weighted by atomic mass is 9.84. The van der Waals surface area contributed by atoms with E-state index in [4.69, 9.17) is 0 Å². The third-order valence-electron chi connectivity index (χ3n) is 4.83. The van der Waals surface area contributed by atoms with Crippen molar-refractivity contribution in [2.24, 2.45) is 17.8 Å². The summed E-state index contributed by atoms with van der Waals surface area (Å²) < 4.78 is 0.924. The van der Waals surface area contributed by atoms with Crippen molar-refractivity contribution in [3.05, 3.63) is 10.8 Å². The minimum Gasteiger partial charge on any atom is -0.372 e. The summed E-state index contributed by atoms with van der Waals surface area (Å²) in [6.07, 6.45) is 7.32. The van der Waals surface area contributed by atoms with E-state index in [-0.39, 0.29) is 0 Å². The number of nitrogens with zero attached hydrogens (tertiary/aromatic N) is 2. The van der Waals surface area contributed by atoms with Crippen molar-refractivity contribution in [3.8, 4) is 0 Å². The Kier molecular flexibility index (Phi) is 3.65. The monoisotopic (exact) mass is 324 g/mol. The van der Waals surface area contributed by atoms with E-state index < -0.39 is 0 Å². The third-order valence-corrected chi connectivity index (χ3v) is 5.58. The molecular formula is C14H21BrN4. The minimum absolute atomic E-state index is 0.478.